The van der Waals surface area contributed by atoms with E-state index in [0.717, 1.165) is 29.9 Å². The number of rotatable bonds is 3. The van der Waals surface area contributed by atoms with E-state index in [4.69, 9.17) is 0 Å². The molecule has 1 nitrogen and oxygen atoms in total. The lowest BCUT2D eigenvalue weighted by molar-refractivity contribution is 0.403. The molecule has 1 atom stereocenters. The van der Waals surface area contributed by atoms with Crippen LogP contribution >= 0.6 is 11.8 Å². The van der Waals surface area contributed by atoms with Gasteiger partial charge in [0.15, 0.2) is 0 Å². The van der Waals surface area contributed by atoms with Crippen LogP contribution in [-0.2, 0) is 5.75 Å². The molecule has 2 aliphatic carbocycles. The minimum atomic E-state index is 0.536. The quantitative estimate of drug-likeness (QED) is 0.804. The van der Waals surface area contributed by atoms with Crippen LogP contribution < -0.4 is 0 Å². The second-order valence-corrected chi connectivity index (χ2v) is 6.66. The van der Waals surface area contributed by atoms with Gasteiger partial charge in [-0.2, -0.15) is 0 Å². The van der Waals surface area contributed by atoms with E-state index in [9.17, 15) is 5.11 Å². The summed E-state index contributed by atoms with van der Waals surface area (Å²) in [6.45, 7) is 2.21. The zero-order valence-electron chi connectivity index (χ0n) is 11.8. The molecule has 104 valence electrons. The molecule has 0 bridgehead atoms. The lowest BCUT2D eigenvalue weighted by Crippen LogP contribution is -2.10. The number of aliphatic hydroxyl groups is 1. The van der Waals surface area contributed by atoms with Crippen LogP contribution in [0, 0.1) is 5.92 Å². The van der Waals surface area contributed by atoms with Crippen molar-refractivity contribution in [1.82, 2.24) is 0 Å². The third-order valence-corrected chi connectivity index (χ3v) is 5.19. The molecule has 0 aliphatic heterocycles. The van der Waals surface area contributed by atoms with Crippen LogP contribution in [0.5, 0.6) is 0 Å². The third kappa shape index (κ3) is 2.85. The minimum absolute atomic E-state index is 0.536. The van der Waals surface area contributed by atoms with Crippen LogP contribution in [0.3, 0.4) is 0 Å². The predicted molar refractivity (Wildman–Crippen MR) is 86.6 cm³/mol. The Morgan fingerprint density at radius 2 is 2.00 bits per heavy atom. The number of hydrogen-bond acceptors (Lipinski definition) is 2. The van der Waals surface area contributed by atoms with Crippen molar-refractivity contribution in [3.05, 3.63) is 69.9 Å². The van der Waals surface area contributed by atoms with Gasteiger partial charge in [-0.15, -0.1) is 11.8 Å². The van der Waals surface area contributed by atoms with Crippen LogP contribution in [-0.4, -0.2) is 5.11 Å². The summed E-state index contributed by atoms with van der Waals surface area (Å²) in [5, 5.41) is 10.5. The Morgan fingerprint density at radius 1 is 1.20 bits per heavy atom. The van der Waals surface area contributed by atoms with Gasteiger partial charge in [0, 0.05) is 10.7 Å². The van der Waals surface area contributed by atoms with E-state index in [2.05, 4.69) is 43.3 Å². The zero-order chi connectivity index (χ0) is 13.9. The molecule has 0 aromatic heterocycles. The Balaban J connectivity index is 1.75. The van der Waals surface area contributed by atoms with Crippen LogP contribution in [0.15, 0.2) is 64.3 Å². The highest BCUT2D eigenvalue weighted by molar-refractivity contribution is 8.02. The molecule has 1 unspecified atom stereocenters. The fourth-order valence-corrected chi connectivity index (χ4v) is 3.84. The first-order valence-corrected chi connectivity index (χ1v) is 8.22. The first kappa shape index (κ1) is 13.6. The van der Waals surface area contributed by atoms with Crippen molar-refractivity contribution in [2.75, 3.05) is 0 Å². The number of allylic oxidation sites excluding steroid dienone is 5. The molecule has 2 heteroatoms. The molecular weight excluding hydrogens is 264 g/mol. The molecule has 0 saturated carbocycles. The molecule has 0 fully saturated rings. The van der Waals surface area contributed by atoms with Crippen molar-refractivity contribution in [3.63, 3.8) is 0 Å². The van der Waals surface area contributed by atoms with E-state index >= 15 is 0 Å². The van der Waals surface area contributed by atoms with E-state index in [1.165, 1.54) is 16.7 Å². The molecule has 0 spiro atoms. The summed E-state index contributed by atoms with van der Waals surface area (Å²) in [4.78, 5) is 1.16. The maximum Gasteiger partial charge on any atom is 0.128 e. The first-order valence-electron chi connectivity index (χ1n) is 7.23. The molecule has 3 rings (SSSR count). The minimum Gasteiger partial charge on any atom is -0.507 e. The Morgan fingerprint density at radius 3 is 2.80 bits per heavy atom. The normalized spacial score (nSPS) is 22.1. The lowest BCUT2D eigenvalue weighted by atomic mass is 9.85. The van der Waals surface area contributed by atoms with Crippen LogP contribution in [0.25, 0.3) is 0 Å². The topological polar surface area (TPSA) is 20.2 Å². The molecule has 1 N–H and O–H groups in total. The van der Waals surface area contributed by atoms with Crippen LogP contribution in [0.2, 0.25) is 0 Å². The van der Waals surface area contributed by atoms with E-state index in [0.29, 0.717) is 11.7 Å². The standard InChI is InChI=1S/C18H20OS/c1-13-7-8-15-9-10-17(18(19)16(15)11-13)20-12-14-5-3-2-4-6-14/h2-8,13,19H,9-12H2,1H3. The highest BCUT2D eigenvalue weighted by Crippen LogP contribution is 2.41. The van der Waals surface area contributed by atoms with Gasteiger partial charge in [-0.3, -0.25) is 0 Å². The number of thioether (sulfide) groups is 1. The molecule has 0 amide bonds. The van der Waals surface area contributed by atoms with Gasteiger partial charge in [-0.25, -0.2) is 0 Å². The summed E-state index contributed by atoms with van der Waals surface area (Å²) < 4.78 is 0. The molecule has 20 heavy (non-hydrogen) atoms. The summed E-state index contributed by atoms with van der Waals surface area (Å²) >= 11 is 1.79. The largest absolute Gasteiger partial charge is 0.507 e. The van der Waals surface area contributed by atoms with Crippen molar-refractivity contribution in [2.45, 2.75) is 31.9 Å². The number of hydrogen-bond donors (Lipinski definition) is 1. The van der Waals surface area contributed by atoms with Crippen molar-refractivity contribution in [1.29, 1.82) is 0 Å². The van der Waals surface area contributed by atoms with Gasteiger partial charge in [-0.05, 0) is 41.9 Å². The summed E-state index contributed by atoms with van der Waals surface area (Å²) in [5.41, 5.74) is 3.83. The molecule has 1 aromatic carbocycles. The van der Waals surface area contributed by atoms with E-state index in [1.54, 1.807) is 11.8 Å². The van der Waals surface area contributed by atoms with Crippen molar-refractivity contribution in [2.24, 2.45) is 5.92 Å². The van der Waals surface area contributed by atoms with Crippen LogP contribution in [0.1, 0.15) is 31.7 Å². The average Bonchev–Trinajstić information content (AvgIpc) is 2.48. The highest BCUT2D eigenvalue weighted by Gasteiger charge is 2.23. The lowest BCUT2D eigenvalue weighted by Gasteiger charge is -2.25. The second kappa shape index (κ2) is 5.92. The van der Waals surface area contributed by atoms with E-state index in [-0.39, 0.29) is 0 Å². The summed E-state index contributed by atoms with van der Waals surface area (Å²) in [5.74, 6) is 2.03. The summed E-state index contributed by atoms with van der Waals surface area (Å²) in [6.07, 6.45) is 7.49. The first-order chi connectivity index (χ1) is 9.74. The smallest absolute Gasteiger partial charge is 0.128 e. The average molecular weight is 284 g/mol. The van der Waals surface area contributed by atoms with Crippen molar-refractivity contribution < 1.29 is 5.11 Å². The van der Waals surface area contributed by atoms with Gasteiger partial charge in [0.05, 0.1) is 0 Å². The van der Waals surface area contributed by atoms with Crippen LogP contribution in [0.4, 0.5) is 0 Å². The zero-order valence-corrected chi connectivity index (χ0v) is 12.6. The van der Waals surface area contributed by atoms with Gasteiger partial charge in [0.1, 0.15) is 5.76 Å². The van der Waals surface area contributed by atoms with Gasteiger partial charge in [0.25, 0.3) is 0 Å². The van der Waals surface area contributed by atoms with E-state index in [1.807, 2.05) is 6.07 Å². The Labute approximate surface area is 125 Å². The summed E-state index contributed by atoms with van der Waals surface area (Å²) in [7, 11) is 0. The molecular formula is C18H20OS. The van der Waals surface area contributed by atoms with Gasteiger partial charge in [-0.1, -0.05) is 49.4 Å². The monoisotopic (exact) mass is 284 g/mol. The fraction of sp³-hybridized carbons (Fsp3) is 0.333. The molecule has 1 aromatic rings. The number of aliphatic hydroxyl groups excluding tert-OH is 1. The van der Waals surface area contributed by atoms with E-state index < -0.39 is 0 Å². The molecule has 0 saturated heterocycles. The molecule has 0 heterocycles. The SMILES string of the molecule is CC1C=CC2=C(C1)C(O)=C(SCc1ccccc1)CC2. The van der Waals surface area contributed by atoms with Crippen molar-refractivity contribution >= 4 is 11.8 Å². The second-order valence-electron chi connectivity index (χ2n) is 5.59. The Hall–Kier alpha value is -1.41. The Kier molecular flexibility index (Phi) is 4.02. The number of benzene rings is 1. The Bertz CT molecular complexity index is 581. The summed E-state index contributed by atoms with van der Waals surface area (Å²) in [6, 6.07) is 10.5. The predicted octanol–water partition coefficient (Wildman–Crippen LogP) is 5.38. The maximum absolute atomic E-state index is 10.5. The van der Waals surface area contributed by atoms with Gasteiger partial charge < -0.3 is 5.11 Å². The third-order valence-electron chi connectivity index (χ3n) is 3.97. The van der Waals surface area contributed by atoms with Gasteiger partial charge in [0.2, 0.25) is 0 Å². The van der Waals surface area contributed by atoms with Crippen molar-refractivity contribution in [3.8, 4) is 0 Å². The maximum atomic E-state index is 10.5. The highest BCUT2D eigenvalue weighted by atomic mass is 32.2. The fourth-order valence-electron chi connectivity index (χ4n) is 2.81. The molecule has 2 aliphatic rings. The van der Waals surface area contributed by atoms with Gasteiger partial charge >= 0.3 is 0 Å². The molecule has 0 radical (unpaired) electrons.